The van der Waals surface area contributed by atoms with Crippen molar-refractivity contribution in [3.05, 3.63) is 18.1 Å². The largest absolute Gasteiger partial charge is 0.481 e. The summed E-state index contributed by atoms with van der Waals surface area (Å²) in [7, 11) is 1.56. The first-order valence-corrected chi connectivity index (χ1v) is 2.93. The lowest BCUT2D eigenvalue weighted by Crippen LogP contribution is -2.03. The second-order valence-corrected chi connectivity index (χ2v) is 1.72. The Balaban J connectivity index is 0.000001000. The summed E-state index contributed by atoms with van der Waals surface area (Å²) in [6.07, 6.45) is 1.62. The summed E-state index contributed by atoms with van der Waals surface area (Å²) in [5.74, 6) is 1.15. The van der Waals surface area contributed by atoms with Crippen molar-refractivity contribution >= 4 is 17.0 Å². The van der Waals surface area contributed by atoms with E-state index in [9.17, 15) is 0 Å². The topological polar surface area (TPSA) is 61.0 Å². The van der Waals surface area contributed by atoms with Gasteiger partial charge in [0.1, 0.15) is 5.82 Å². The van der Waals surface area contributed by atoms with Crippen LogP contribution in [0.25, 0.3) is 0 Å². The lowest BCUT2D eigenvalue weighted by molar-refractivity contribution is 0.394. The Kier molecular flexibility index (Phi) is 4.72. The van der Waals surface area contributed by atoms with Crippen molar-refractivity contribution in [3.8, 4) is 5.88 Å². The molecule has 1 heterocycles. The molecule has 0 aromatic carbocycles. The average Bonchev–Trinajstić information content (AvgIpc) is 2.05. The van der Waals surface area contributed by atoms with Gasteiger partial charge in [0.15, 0.2) is 0 Å². The fourth-order valence-corrected chi connectivity index (χ4v) is 0.592. The molecular formula is C6H10BrN3O. The molecule has 0 fully saturated rings. The number of methoxy groups -OCH3 is 1. The summed E-state index contributed by atoms with van der Waals surface area (Å²) in [6, 6.07) is 1.68. The molecule has 0 aliphatic carbocycles. The molecule has 0 bridgehead atoms. The van der Waals surface area contributed by atoms with Crippen molar-refractivity contribution < 1.29 is 4.74 Å². The van der Waals surface area contributed by atoms with Crippen LogP contribution in [0, 0.1) is 0 Å². The molecule has 1 aromatic heterocycles. The first-order valence-electron chi connectivity index (χ1n) is 2.93. The molecule has 0 unspecified atom stereocenters. The van der Waals surface area contributed by atoms with Crippen LogP contribution in [-0.2, 0) is 6.54 Å². The minimum atomic E-state index is 0. The minimum Gasteiger partial charge on any atom is -0.481 e. The summed E-state index contributed by atoms with van der Waals surface area (Å²) in [5, 5.41) is 0. The van der Waals surface area contributed by atoms with Crippen LogP contribution in [0.4, 0.5) is 0 Å². The number of halogens is 1. The maximum atomic E-state index is 5.29. The summed E-state index contributed by atoms with van der Waals surface area (Å²) >= 11 is 0. The molecule has 1 rings (SSSR count). The molecule has 2 N–H and O–H groups in total. The summed E-state index contributed by atoms with van der Waals surface area (Å²) in [6.45, 7) is 0.344. The van der Waals surface area contributed by atoms with Crippen LogP contribution in [-0.4, -0.2) is 17.1 Å². The summed E-state index contributed by atoms with van der Waals surface area (Å²) < 4.78 is 4.85. The monoisotopic (exact) mass is 219 g/mol. The van der Waals surface area contributed by atoms with Crippen LogP contribution in [0.2, 0.25) is 0 Å². The van der Waals surface area contributed by atoms with E-state index in [1.54, 1.807) is 19.4 Å². The van der Waals surface area contributed by atoms with Crippen LogP contribution >= 0.6 is 17.0 Å². The second kappa shape index (κ2) is 5.03. The third-order valence-electron chi connectivity index (χ3n) is 1.07. The lowest BCUT2D eigenvalue weighted by atomic mass is 10.5. The van der Waals surface area contributed by atoms with Crippen molar-refractivity contribution in [2.75, 3.05) is 7.11 Å². The number of ether oxygens (including phenoxy) is 1. The van der Waals surface area contributed by atoms with Crippen LogP contribution in [0.5, 0.6) is 5.88 Å². The molecule has 62 valence electrons. The van der Waals surface area contributed by atoms with Crippen molar-refractivity contribution in [1.82, 2.24) is 9.97 Å². The molecule has 0 saturated carbocycles. The zero-order valence-electron chi connectivity index (χ0n) is 6.15. The Bertz CT molecular complexity index is 199. The van der Waals surface area contributed by atoms with Gasteiger partial charge in [0.2, 0.25) is 5.88 Å². The number of nitrogens with two attached hydrogens (primary N) is 1. The molecule has 0 amide bonds. The van der Waals surface area contributed by atoms with E-state index in [2.05, 4.69) is 9.97 Å². The molecular weight excluding hydrogens is 210 g/mol. The molecule has 1 aromatic rings. The Morgan fingerprint density at radius 2 is 2.36 bits per heavy atom. The number of hydrogen-bond acceptors (Lipinski definition) is 4. The minimum absolute atomic E-state index is 0. The molecule has 0 atom stereocenters. The number of rotatable bonds is 2. The van der Waals surface area contributed by atoms with Crippen molar-refractivity contribution in [1.29, 1.82) is 0 Å². The van der Waals surface area contributed by atoms with Gasteiger partial charge >= 0.3 is 0 Å². The number of aromatic nitrogens is 2. The summed E-state index contributed by atoms with van der Waals surface area (Å²) in [5.41, 5.74) is 5.29. The van der Waals surface area contributed by atoms with Crippen LogP contribution in [0.15, 0.2) is 12.3 Å². The Morgan fingerprint density at radius 1 is 1.64 bits per heavy atom. The summed E-state index contributed by atoms with van der Waals surface area (Å²) in [4.78, 5) is 7.84. The van der Waals surface area contributed by atoms with E-state index in [1.807, 2.05) is 0 Å². The molecule has 11 heavy (non-hydrogen) atoms. The van der Waals surface area contributed by atoms with Gasteiger partial charge in [-0.3, -0.25) is 0 Å². The Morgan fingerprint density at radius 3 is 2.91 bits per heavy atom. The average molecular weight is 220 g/mol. The highest BCUT2D eigenvalue weighted by molar-refractivity contribution is 8.93. The van der Waals surface area contributed by atoms with Gasteiger partial charge in [-0.2, -0.15) is 4.98 Å². The molecule has 0 spiro atoms. The van der Waals surface area contributed by atoms with Gasteiger partial charge in [-0.15, -0.1) is 17.0 Å². The van der Waals surface area contributed by atoms with Gasteiger partial charge in [0, 0.05) is 12.3 Å². The van der Waals surface area contributed by atoms with Crippen molar-refractivity contribution in [2.45, 2.75) is 6.54 Å². The molecule has 0 saturated heterocycles. The van der Waals surface area contributed by atoms with Gasteiger partial charge in [-0.05, 0) is 0 Å². The second-order valence-electron chi connectivity index (χ2n) is 1.72. The number of hydrogen-bond donors (Lipinski definition) is 1. The highest BCUT2D eigenvalue weighted by atomic mass is 79.9. The maximum absolute atomic E-state index is 5.29. The zero-order valence-corrected chi connectivity index (χ0v) is 7.86. The SMILES string of the molecule is Br.COc1ccnc(CN)n1. The normalized spacial score (nSPS) is 8.55. The molecule has 5 heteroatoms. The van der Waals surface area contributed by atoms with Crippen LogP contribution in [0.3, 0.4) is 0 Å². The van der Waals surface area contributed by atoms with Crippen molar-refractivity contribution in [3.63, 3.8) is 0 Å². The lowest BCUT2D eigenvalue weighted by Gasteiger charge is -1.98. The highest BCUT2D eigenvalue weighted by Gasteiger charge is 1.93. The highest BCUT2D eigenvalue weighted by Crippen LogP contribution is 2.02. The van der Waals surface area contributed by atoms with Gasteiger partial charge in [0.05, 0.1) is 13.7 Å². The third-order valence-corrected chi connectivity index (χ3v) is 1.07. The van der Waals surface area contributed by atoms with E-state index in [-0.39, 0.29) is 17.0 Å². The number of nitrogens with zero attached hydrogens (tertiary/aromatic N) is 2. The predicted molar refractivity (Wildman–Crippen MR) is 46.8 cm³/mol. The van der Waals surface area contributed by atoms with E-state index >= 15 is 0 Å². The first kappa shape index (κ1) is 10.3. The molecule has 0 radical (unpaired) electrons. The van der Waals surface area contributed by atoms with E-state index in [4.69, 9.17) is 10.5 Å². The quantitative estimate of drug-likeness (QED) is 0.789. The Labute approximate surface area is 75.6 Å². The molecule has 0 aliphatic rings. The Hall–Kier alpha value is -0.680. The van der Waals surface area contributed by atoms with E-state index < -0.39 is 0 Å². The predicted octanol–water partition coefficient (Wildman–Crippen LogP) is 0.522. The standard InChI is InChI=1S/C6H9N3O.BrH/c1-10-6-2-3-8-5(4-7)9-6;/h2-3H,4,7H2,1H3;1H. The van der Waals surface area contributed by atoms with Gasteiger partial charge in [0.25, 0.3) is 0 Å². The fraction of sp³-hybridized carbons (Fsp3) is 0.333. The van der Waals surface area contributed by atoms with Crippen LogP contribution < -0.4 is 10.5 Å². The third kappa shape index (κ3) is 2.81. The van der Waals surface area contributed by atoms with Gasteiger partial charge < -0.3 is 10.5 Å². The smallest absolute Gasteiger partial charge is 0.216 e. The van der Waals surface area contributed by atoms with Gasteiger partial charge in [-0.1, -0.05) is 0 Å². The van der Waals surface area contributed by atoms with Crippen molar-refractivity contribution in [2.24, 2.45) is 5.73 Å². The zero-order chi connectivity index (χ0) is 7.40. The van der Waals surface area contributed by atoms with Gasteiger partial charge in [-0.25, -0.2) is 4.98 Å². The van der Waals surface area contributed by atoms with E-state index in [1.165, 1.54) is 0 Å². The van der Waals surface area contributed by atoms with E-state index in [0.29, 0.717) is 18.2 Å². The maximum Gasteiger partial charge on any atom is 0.216 e. The molecule has 4 nitrogen and oxygen atoms in total. The van der Waals surface area contributed by atoms with E-state index in [0.717, 1.165) is 0 Å². The first-order chi connectivity index (χ1) is 4.86. The molecule has 0 aliphatic heterocycles. The van der Waals surface area contributed by atoms with Crippen LogP contribution in [0.1, 0.15) is 5.82 Å². The fourth-order valence-electron chi connectivity index (χ4n) is 0.592.